The van der Waals surface area contributed by atoms with Gasteiger partial charge in [0, 0.05) is 51.9 Å². The van der Waals surface area contributed by atoms with Crippen LogP contribution in [0, 0.1) is 17.7 Å². The molecule has 1 aromatic rings. The van der Waals surface area contributed by atoms with Crippen molar-refractivity contribution in [2.24, 2.45) is 11.8 Å². The standard InChI is InChI=1S/C28H44FN5O3/c1-22(35)18-34-11-8-25(27(21-34)31-28(36)30-9-12-32-13-15-37-16-14-32)20-33-10-2-3-24(19-33)17-23-4-6-26(29)7-5-23/h4-7,24-25,27H,2-3,8-21H2,1H3,(H2,30,31,36)/t24?,25-,27-/m0/s1. The Balaban J connectivity index is 1.28. The van der Waals surface area contributed by atoms with E-state index in [2.05, 4.69) is 25.3 Å². The molecule has 0 aromatic heterocycles. The lowest BCUT2D eigenvalue weighted by Gasteiger charge is -2.42. The van der Waals surface area contributed by atoms with E-state index >= 15 is 0 Å². The summed E-state index contributed by atoms with van der Waals surface area (Å²) in [4.78, 5) is 31.6. The average Bonchev–Trinajstić information content (AvgIpc) is 2.87. The first-order chi connectivity index (χ1) is 17.9. The molecule has 0 saturated carbocycles. The van der Waals surface area contributed by atoms with Gasteiger partial charge in [-0.05, 0) is 75.2 Å². The maximum Gasteiger partial charge on any atom is 0.315 e. The Labute approximate surface area is 220 Å². The molecular formula is C28H44FN5O3. The van der Waals surface area contributed by atoms with Crippen molar-refractivity contribution in [2.75, 3.05) is 78.7 Å². The molecule has 37 heavy (non-hydrogen) atoms. The lowest BCUT2D eigenvalue weighted by Crippen LogP contribution is -2.58. The molecule has 3 atom stereocenters. The molecule has 0 spiro atoms. The second-order valence-corrected chi connectivity index (χ2v) is 11.0. The van der Waals surface area contributed by atoms with Crippen molar-refractivity contribution in [3.8, 4) is 0 Å². The van der Waals surface area contributed by atoms with Crippen LogP contribution in [0.5, 0.6) is 0 Å². The van der Waals surface area contributed by atoms with Gasteiger partial charge in [0.15, 0.2) is 0 Å². The molecule has 9 heteroatoms. The summed E-state index contributed by atoms with van der Waals surface area (Å²) in [6, 6.07) is 6.78. The van der Waals surface area contributed by atoms with Crippen molar-refractivity contribution >= 4 is 11.8 Å². The second-order valence-electron chi connectivity index (χ2n) is 11.0. The van der Waals surface area contributed by atoms with Gasteiger partial charge in [-0.2, -0.15) is 0 Å². The highest BCUT2D eigenvalue weighted by molar-refractivity contribution is 5.77. The van der Waals surface area contributed by atoms with Crippen LogP contribution in [0.25, 0.3) is 0 Å². The molecule has 0 bridgehead atoms. The minimum atomic E-state index is -0.186. The molecule has 3 heterocycles. The maximum atomic E-state index is 13.3. The zero-order chi connectivity index (χ0) is 26.0. The van der Waals surface area contributed by atoms with Crippen molar-refractivity contribution in [3.63, 3.8) is 0 Å². The summed E-state index contributed by atoms with van der Waals surface area (Å²) in [5, 5.41) is 6.28. The summed E-state index contributed by atoms with van der Waals surface area (Å²) in [5.74, 6) is 0.880. The molecular weight excluding hydrogens is 473 g/mol. The number of morpholine rings is 1. The first kappa shape index (κ1) is 28.0. The van der Waals surface area contributed by atoms with Crippen molar-refractivity contribution in [1.29, 1.82) is 0 Å². The molecule has 1 aromatic carbocycles. The fourth-order valence-corrected chi connectivity index (χ4v) is 6.05. The summed E-state index contributed by atoms with van der Waals surface area (Å²) in [5.41, 5.74) is 1.19. The van der Waals surface area contributed by atoms with Crippen LogP contribution in [0.2, 0.25) is 0 Å². The number of likely N-dealkylation sites (tertiary alicyclic amines) is 2. The molecule has 4 rings (SSSR count). The van der Waals surface area contributed by atoms with Crippen LogP contribution in [-0.2, 0) is 16.0 Å². The number of carbonyl (C=O) groups is 2. The number of rotatable bonds is 10. The smallest absolute Gasteiger partial charge is 0.315 e. The minimum Gasteiger partial charge on any atom is -0.379 e. The van der Waals surface area contributed by atoms with Crippen molar-refractivity contribution in [2.45, 2.75) is 38.6 Å². The van der Waals surface area contributed by atoms with Gasteiger partial charge in [0.2, 0.25) is 0 Å². The molecule has 3 aliphatic heterocycles. The van der Waals surface area contributed by atoms with Gasteiger partial charge >= 0.3 is 6.03 Å². The van der Waals surface area contributed by atoms with Gasteiger partial charge in [0.05, 0.1) is 19.8 Å². The molecule has 2 amide bonds. The van der Waals surface area contributed by atoms with Crippen molar-refractivity contribution in [1.82, 2.24) is 25.3 Å². The lowest BCUT2D eigenvalue weighted by molar-refractivity contribution is -0.118. The number of benzene rings is 1. The van der Waals surface area contributed by atoms with E-state index in [1.807, 2.05) is 12.1 Å². The molecule has 0 radical (unpaired) electrons. The fraction of sp³-hybridized carbons (Fsp3) is 0.714. The van der Waals surface area contributed by atoms with Crippen LogP contribution in [-0.4, -0.2) is 111 Å². The molecule has 3 saturated heterocycles. The van der Waals surface area contributed by atoms with E-state index in [9.17, 15) is 14.0 Å². The second kappa shape index (κ2) is 14.2. The van der Waals surface area contributed by atoms with Gasteiger partial charge in [0.25, 0.3) is 0 Å². The number of carbonyl (C=O) groups excluding carboxylic acids is 2. The SMILES string of the molecule is CC(=O)CN1CC[C@@H](CN2CCCC(Cc3ccc(F)cc3)C2)[C@@H](NC(=O)NCCN2CCOCC2)C1. The first-order valence-corrected chi connectivity index (χ1v) is 14.0. The van der Waals surface area contributed by atoms with Gasteiger partial charge in [-0.1, -0.05) is 12.1 Å². The Morgan fingerprint density at radius 1 is 1.00 bits per heavy atom. The van der Waals surface area contributed by atoms with E-state index in [1.54, 1.807) is 19.1 Å². The predicted octanol–water partition coefficient (Wildman–Crippen LogP) is 1.99. The number of nitrogens with one attached hydrogen (secondary N) is 2. The minimum absolute atomic E-state index is 0.00830. The molecule has 1 unspecified atom stereocenters. The van der Waals surface area contributed by atoms with Crippen LogP contribution in [0.1, 0.15) is 31.7 Å². The predicted molar refractivity (Wildman–Crippen MR) is 142 cm³/mol. The largest absolute Gasteiger partial charge is 0.379 e. The zero-order valence-corrected chi connectivity index (χ0v) is 22.3. The highest BCUT2D eigenvalue weighted by Crippen LogP contribution is 2.25. The Morgan fingerprint density at radius 2 is 1.78 bits per heavy atom. The molecule has 8 nitrogen and oxygen atoms in total. The quantitative estimate of drug-likeness (QED) is 0.495. The van der Waals surface area contributed by atoms with E-state index in [0.29, 0.717) is 31.5 Å². The normalized spacial score (nSPS) is 26.1. The topological polar surface area (TPSA) is 77.2 Å². The van der Waals surface area contributed by atoms with Crippen LogP contribution < -0.4 is 10.6 Å². The Kier molecular flexibility index (Phi) is 10.7. The molecule has 3 fully saturated rings. The van der Waals surface area contributed by atoms with Crippen LogP contribution in [0.4, 0.5) is 9.18 Å². The number of halogens is 1. The summed E-state index contributed by atoms with van der Waals surface area (Å²) < 4.78 is 18.7. The van der Waals surface area contributed by atoms with Crippen molar-refractivity contribution < 1.29 is 18.7 Å². The number of piperidine rings is 2. The summed E-state index contributed by atoms with van der Waals surface area (Å²) in [6.45, 7) is 11.5. The highest BCUT2D eigenvalue weighted by Gasteiger charge is 2.33. The third-order valence-electron chi connectivity index (χ3n) is 7.95. The number of Topliss-reactive ketones (excluding diaryl/α,β-unsaturated/α-hetero) is 1. The number of ether oxygens (including phenoxy) is 1. The number of nitrogens with zero attached hydrogens (tertiary/aromatic N) is 3. The molecule has 206 valence electrons. The van der Waals surface area contributed by atoms with E-state index in [4.69, 9.17) is 4.74 Å². The van der Waals surface area contributed by atoms with Gasteiger partial charge in [-0.3, -0.25) is 14.6 Å². The van der Waals surface area contributed by atoms with Crippen molar-refractivity contribution in [3.05, 3.63) is 35.6 Å². The zero-order valence-electron chi connectivity index (χ0n) is 22.3. The first-order valence-electron chi connectivity index (χ1n) is 14.0. The van der Waals surface area contributed by atoms with E-state index < -0.39 is 0 Å². The number of hydrogen-bond donors (Lipinski definition) is 2. The average molecular weight is 518 g/mol. The fourth-order valence-electron chi connectivity index (χ4n) is 6.05. The Morgan fingerprint density at radius 3 is 2.54 bits per heavy atom. The monoisotopic (exact) mass is 517 g/mol. The van der Waals surface area contributed by atoms with Crippen LogP contribution in [0.3, 0.4) is 0 Å². The lowest BCUT2D eigenvalue weighted by atomic mass is 9.87. The maximum absolute atomic E-state index is 13.3. The third kappa shape index (κ3) is 9.32. The van der Waals surface area contributed by atoms with E-state index in [1.165, 1.54) is 12.0 Å². The van der Waals surface area contributed by atoms with Gasteiger partial charge in [0.1, 0.15) is 11.6 Å². The number of ketones is 1. The summed E-state index contributed by atoms with van der Waals surface area (Å²) >= 11 is 0. The highest BCUT2D eigenvalue weighted by atomic mass is 19.1. The van der Waals surface area contributed by atoms with Gasteiger partial charge in [-0.15, -0.1) is 0 Å². The van der Waals surface area contributed by atoms with Gasteiger partial charge < -0.3 is 20.3 Å². The number of amides is 2. The van der Waals surface area contributed by atoms with Crippen LogP contribution >= 0.6 is 0 Å². The summed E-state index contributed by atoms with van der Waals surface area (Å²) in [6.07, 6.45) is 4.29. The van der Waals surface area contributed by atoms with Gasteiger partial charge in [-0.25, -0.2) is 9.18 Å². The third-order valence-corrected chi connectivity index (χ3v) is 7.95. The summed E-state index contributed by atoms with van der Waals surface area (Å²) in [7, 11) is 0. The Bertz CT molecular complexity index is 864. The molecule has 3 aliphatic rings. The number of hydrogen-bond acceptors (Lipinski definition) is 6. The number of urea groups is 1. The Hall–Kier alpha value is -2.07. The molecule has 0 aliphatic carbocycles. The molecule has 2 N–H and O–H groups in total. The van der Waals surface area contributed by atoms with E-state index in [0.717, 1.165) is 78.3 Å². The van der Waals surface area contributed by atoms with Crippen LogP contribution in [0.15, 0.2) is 24.3 Å². The van der Waals surface area contributed by atoms with E-state index in [-0.39, 0.29) is 23.7 Å².